The molecule has 0 amide bonds. The molecule has 5 heteroatoms. The maximum atomic E-state index is 4.02. The van der Waals surface area contributed by atoms with E-state index in [1.54, 1.807) is 0 Å². The summed E-state index contributed by atoms with van der Waals surface area (Å²) in [6, 6.07) is 14.7. The monoisotopic (exact) mass is 319 g/mol. The van der Waals surface area contributed by atoms with Crippen LogP contribution in [0.4, 0.5) is 5.13 Å². The SMILES string of the molecule is Brc1nnc(NCc2cccc3ccccc23)s1. The van der Waals surface area contributed by atoms with Gasteiger partial charge < -0.3 is 5.32 Å². The van der Waals surface area contributed by atoms with Gasteiger partial charge in [-0.25, -0.2) is 0 Å². The second kappa shape index (κ2) is 5.04. The van der Waals surface area contributed by atoms with E-state index in [-0.39, 0.29) is 0 Å². The number of halogens is 1. The summed E-state index contributed by atoms with van der Waals surface area (Å²) >= 11 is 4.80. The number of aromatic nitrogens is 2. The molecule has 0 radical (unpaired) electrons. The minimum absolute atomic E-state index is 0.753. The number of hydrogen-bond acceptors (Lipinski definition) is 4. The van der Waals surface area contributed by atoms with E-state index < -0.39 is 0 Å². The summed E-state index contributed by atoms with van der Waals surface area (Å²) in [5.74, 6) is 0. The lowest BCUT2D eigenvalue weighted by Gasteiger charge is -2.06. The van der Waals surface area contributed by atoms with Crippen molar-refractivity contribution < 1.29 is 0 Å². The zero-order valence-electron chi connectivity index (χ0n) is 9.43. The lowest BCUT2D eigenvalue weighted by molar-refractivity contribution is 1.04. The molecule has 0 fully saturated rings. The van der Waals surface area contributed by atoms with Gasteiger partial charge in [0, 0.05) is 6.54 Å². The van der Waals surface area contributed by atoms with Gasteiger partial charge in [0.1, 0.15) is 0 Å². The van der Waals surface area contributed by atoms with Crippen LogP contribution in [0.25, 0.3) is 10.8 Å². The summed E-state index contributed by atoms with van der Waals surface area (Å²) in [6.45, 7) is 0.753. The third-order valence-electron chi connectivity index (χ3n) is 2.71. The number of fused-ring (bicyclic) bond motifs is 1. The number of benzene rings is 2. The zero-order chi connectivity index (χ0) is 12.4. The molecule has 2 aromatic carbocycles. The summed E-state index contributed by atoms with van der Waals surface area (Å²) in [5, 5.41) is 14.6. The van der Waals surface area contributed by atoms with Gasteiger partial charge in [0.2, 0.25) is 5.13 Å². The molecule has 0 aliphatic carbocycles. The fourth-order valence-corrected chi connectivity index (χ4v) is 2.90. The maximum Gasteiger partial charge on any atom is 0.206 e. The van der Waals surface area contributed by atoms with Crippen molar-refractivity contribution in [3.8, 4) is 0 Å². The summed E-state index contributed by atoms with van der Waals surface area (Å²) < 4.78 is 0.794. The number of hydrogen-bond donors (Lipinski definition) is 1. The summed E-state index contributed by atoms with van der Waals surface area (Å²) in [5.41, 5.74) is 1.26. The lowest BCUT2D eigenvalue weighted by atomic mass is 10.0. The highest BCUT2D eigenvalue weighted by Gasteiger charge is 2.03. The zero-order valence-corrected chi connectivity index (χ0v) is 11.8. The van der Waals surface area contributed by atoms with Crippen molar-refractivity contribution in [3.05, 3.63) is 51.9 Å². The van der Waals surface area contributed by atoms with Crippen LogP contribution in [-0.2, 0) is 6.54 Å². The molecule has 1 aromatic heterocycles. The standard InChI is InChI=1S/C13H10BrN3S/c14-12-16-17-13(18-12)15-8-10-6-3-5-9-4-1-2-7-11(9)10/h1-7H,8H2,(H,15,17). The third kappa shape index (κ3) is 2.37. The first-order chi connectivity index (χ1) is 8.83. The second-order valence-electron chi connectivity index (χ2n) is 3.85. The van der Waals surface area contributed by atoms with Gasteiger partial charge in [0.15, 0.2) is 3.92 Å². The van der Waals surface area contributed by atoms with Crippen LogP contribution in [0.5, 0.6) is 0 Å². The Balaban J connectivity index is 1.86. The Morgan fingerprint density at radius 2 is 1.89 bits per heavy atom. The molecule has 0 atom stereocenters. The molecule has 0 unspecified atom stereocenters. The molecular weight excluding hydrogens is 310 g/mol. The van der Waals surface area contributed by atoms with Crippen LogP contribution in [0.3, 0.4) is 0 Å². The quantitative estimate of drug-likeness (QED) is 0.790. The Bertz CT molecular complexity index is 675. The average molecular weight is 320 g/mol. The molecule has 0 saturated heterocycles. The van der Waals surface area contributed by atoms with Crippen LogP contribution in [0.2, 0.25) is 0 Å². The molecule has 3 aromatic rings. The molecule has 1 heterocycles. The second-order valence-corrected chi connectivity index (χ2v) is 6.11. The molecule has 90 valence electrons. The Labute approximate surface area is 117 Å². The van der Waals surface area contributed by atoms with Crippen LogP contribution >= 0.6 is 27.3 Å². The Morgan fingerprint density at radius 3 is 2.72 bits per heavy atom. The molecule has 0 aliphatic rings. The van der Waals surface area contributed by atoms with E-state index >= 15 is 0 Å². The van der Waals surface area contributed by atoms with Crippen molar-refractivity contribution in [3.63, 3.8) is 0 Å². The van der Waals surface area contributed by atoms with Gasteiger partial charge in [-0.3, -0.25) is 0 Å². The highest BCUT2D eigenvalue weighted by Crippen LogP contribution is 2.23. The first-order valence-corrected chi connectivity index (χ1v) is 7.13. The number of rotatable bonds is 3. The largest absolute Gasteiger partial charge is 0.356 e. The average Bonchev–Trinajstić information content (AvgIpc) is 2.82. The molecule has 0 bridgehead atoms. The maximum absolute atomic E-state index is 4.02. The van der Waals surface area contributed by atoms with Crippen molar-refractivity contribution in [2.45, 2.75) is 6.54 Å². The predicted octanol–water partition coefficient (Wildman–Crippen LogP) is 4.07. The summed E-state index contributed by atoms with van der Waals surface area (Å²) in [7, 11) is 0. The lowest BCUT2D eigenvalue weighted by Crippen LogP contribution is -1.99. The fourth-order valence-electron chi connectivity index (χ4n) is 1.89. The highest BCUT2D eigenvalue weighted by atomic mass is 79.9. The molecule has 0 aliphatic heterocycles. The fraction of sp³-hybridized carbons (Fsp3) is 0.0769. The van der Waals surface area contributed by atoms with Gasteiger partial charge in [-0.05, 0) is 32.3 Å². The van der Waals surface area contributed by atoms with Crippen molar-refractivity contribution in [2.24, 2.45) is 0 Å². The van der Waals surface area contributed by atoms with Crippen LogP contribution in [-0.4, -0.2) is 10.2 Å². The first kappa shape index (κ1) is 11.6. The molecular formula is C13H10BrN3S. The molecule has 1 N–H and O–H groups in total. The van der Waals surface area contributed by atoms with Gasteiger partial charge in [-0.15, -0.1) is 10.2 Å². The van der Waals surface area contributed by atoms with Gasteiger partial charge in [0.05, 0.1) is 0 Å². The topological polar surface area (TPSA) is 37.8 Å². The minimum atomic E-state index is 0.753. The Morgan fingerprint density at radius 1 is 1.06 bits per heavy atom. The van der Waals surface area contributed by atoms with E-state index in [1.165, 1.54) is 27.7 Å². The van der Waals surface area contributed by atoms with Crippen LogP contribution in [0, 0.1) is 0 Å². The normalized spacial score (nSPS) is 10.7. The summed E-state index contributed by atoms with van der Waals surface area (Å²) in [4.78, 5) is 0. The van der Waals surface area contributed by atoms with E-state index in [0.717, 1.165) is 15.6 Å². The number of nitrogens with zero attached hydrogens (tertiary/aromatic N) is 2. The van der Waals surface area contributed by atoms with Crippen LogP contribution in [0.15, 0.2) is 46.4 Å². The molecule has 3 rings (SSSR count). The van der Waals surface area contributed by atoms with Crippen LogP contribution in [0.1, 0.15) is 5.56 Å². The van der Waals surface area contributed by atoms with E-state index in [1.807, 2.05) is 0 Å². The van der Waals surface area contributed by atoms with E-state index in [9.17, 15) is 0 Å². The van der Waals surface area contributed by atoms with Crippen molar-refractivity contribution >= 4 is 43.2 Å². The molecule has 0 spiro atoms. The number of nitrogens with one attached hydrogen (secondary N) is 1. The van der Waals surface area contributed by atoms with Gasteiger partial charge in [-0.2, -0.15) is 0 Å². The van der Waals surface area contributed by atoms with E-state index in [4.69, 9.17) is 0 Å². The highest BCUT2D eigenvalue weighted by molar-refractivity contribution is 9.11. The smallest absolute Gasteiger partial charge is 0.206 e. The Kier molecular flexibility index (Phi) is 3.25. The van der Waals surface area contributed by atoms with Gasteiger partial charge in [-0.1, -0.05) is 53.8 Å². The van der Waals surface area contributed by atoms with Crippen LogP contribution < -0.4 is 5.32 Å². The molecule has 3 nitrogen and oxygen atoms in total. The van der Waals surface area contributed by atoms with Gasteiger partial charge in [0.25, 0.3) is 0 Å². The van der Waals surface area contributed by atoms with Crippen molar-refractivity contribution in [1.29, 1.82) is 0 Å². The van der Waals surface area contributed by atoms with E-state index in [2.05, 4.69) is 73.9 Å². The molecule has 0 saturated carbocycles. The van der Waals surface area contributed by atoms with E-state index in [0.29, 0.717) is 0 Å². The van der Waals surface area contributed by atoms with Crippen molar-refractivity contribution in [2.75, 3.05) is 5.32 Å². The first-order valence-electron chi connectivity index (χ1n) is 5.52. The third-order valence-corrected chi connectivity index (χ3v) is 4.02. The molecule has 18 heavy (non-hydrogen) atoms. The number of anilines is 1. The van der Waals surface area contributed by atoms with Gasteiger partial charge >= 0.3 is 0 Å². The van der Waals surface area contributed by atoms with Crippen molar-refractivity contribution in [1.82, 2.24) is 10.2 Å². The Hall–Kier alpha value is -1.46. The minimum Gasteiger partial charge on any atom is -0.356 e. The predicted molar refractivity (Wildman–Crippen MR) is 78.9 cm³/mol. The summed E-state index contributed by atoms with van der Waals surface area (Å²) in [6.07, 6.45) is 0.